The van der Waals surface area contributed by atoms with E-state index in [2.05, 4.69) is 9.97 Å². The highest BCUT2D eigenvalue weighted by molar-refractivity contribution is 6.04. The number of imidazole rings is 1. The van der Waals surface area contributed by atoms with Crippen LogP contribution in [0.1, 0.15) is 49.5 Å². The third-order valence-corrected chi connectivity index (χ3v) is 4.28. The van der Waals surface area contributed by atoms with E-state index in [1.165, 1.54) is 19.4 Å². The van der Waals surface area contributed by atoms with Gasteiger partial charge in [-0.25, -0.2) is 9.78 Å². The van der Waals surface area contributed by atoms with Crippen LogP contribution in [0.5, 0.6) is 0 Å². The highest BCUT2D eigenvalue weighted by atomic mass is 16.5. The fourth-order valence-corrected chi connectivity index (χ4v) is 3.07. The number of para-hydroxylation sites is 1. The molecule has 0 saturated carbocycles. The molecule has 0 fully saturated rings. The maximum Gasteiger partial charge on any atom is 0.357 e. The number of rotatable bonds is 6. The zero-order valence-electron chi connectivity index (χ0n) is 15.3. The van der Waals surface area contributed by atoms with E-state index in [0.717, 1.165) is 5.69 Å². The molecule has 2 heterocycles. The molecule has 0 aliphatic carbocycles. The second kappa shape index (κ2) is 7.41. The molecule has 7 heteroatoms. The van der Waals surface area contributed by atoms with E-state index in [1.54, 1.807) is 18.4 Å². The summed E-state index contributed by atoms with van der Waals surface area (Å²) in [6.07, 6.45) is 2.89. The normalized spacial score (nSPS) is 10.6. The number of aromatic nitrogens is 3. The van der Waals surface area contributed by atoms with E-state index < -0.39 is 18.4 Å². The number of hydrogen-bond acceptors (Lipinski definition) is 5. The highest BCUT2D eigenvalue weighted by Crippen LogP contribution is 2.19. The number of hydrogen-bond donors (Lipinski definition) is 1. The van der Waals surface area contributed by atoms with E-state index >= 15 is 0 Å². The molecule has 0 saturated heterocycles. The van der Waals surface area contributed by atoms with Gasteiger partial charge in [-0.1, -0.05) is 18.2 Å². The van der Waals surface area contributed by atoms with Gasteiger partial charge in [-0.3, -0.25) is 14.2 Å². The minimum atomic E-state index is -0.655. The van der Waals surface area contributed by atoms with Crippen LogP contribution in [0.2, 0.25) is 0 Å². The van der Waals surface area contributed by atoms with Gasteiger partial charge in [0.05, 0.1) is 18.2 Å². The molecule has 0 atom stereocenters. The fourth-order valence-electron chi connectivity index (χ4n) is 3.07. The number of esters is 1. The minimum Gasteiger partial charge on any atom is -0.452 e. The topological polar surface area (TPSA) is 94.0 Å². The van der Waals surface area contributed by atoms with Crippen molar-refractivity contribution < 1.29 is 19.1 Å². The highest BCUT2D eigenvalue weighted by Gasteiger charge is 2.22. The maximum atomic E-state index is 12.4. The lowest BCUT2D eigenvalue weighted by Gasteiger charge is -2.08. The number of benzene rings is 1. The Morgan fingerprint density at radius 1 is 1.15 bits per heavy atom. The number of aromatic amines is 1. The van der Waals surface area contributed by atoms with Gasteiger partial charge in [0.15, 0.2) is 18.1 Å². The van der Waals surface area contributed by atoms with Crippen LogP contribution >= 0.6 is 0 Å². The predicted molar refractivity (Wildman–Crippen MR) is 98.4 cm³/mol. The minimum absolute atomic E-state index is 0.121. The Bertz CT molecular complexity index is 1020. The summed E-state index contributed by atoms with van der Waals surface area (Å²) in [5.41, 5.74) is 2.94. The van der Waals surface area contributed by atoms with Gasteiger partial charge in [0.1, 0.15) is 0 Å². The number of Topliss-reactive ketones (excluding diaryl/α,β-unsaturated/α-hetero) is 2. The number of nitrogens with one attached hydrogen (secondary N) is 1. The monoisotopic (exact) mass is 365 g/mol. The molecule has 27 heavy (non-hydrogen) atoms. The van der Waals surface area contributed by atoms with Crippen LogP contribution in [0.3, 0.4) is 0 Å². The zero-order chi connectivity index (χ0) is 19.6. The molecular formula is C20H19N3O4. The summed E-state index contributed by atoms with van der Waals surface area (Å²) in [5, 5.41) is 0. The number of carbonyl (C=O) groups excluding carboxylic acids is 3. The molecule has 1 aromatic carbocycles. The van der Waals surface area contributed by atoms with Gasteiger partial charge in [0.2, 0.25) is 5.78 Å². The molecular weight excluding hydrogens is 346 g/mol. The van der Waals surface area contributed by atoms with Crippen molar-refractivity contribution in [1.29, 1.82) is 0 Å². The van der Waals surface area contributed by atoms with Crippen molar-refractivity contribution in [2.75, 3.05) is 6.61 Å². The van der Waals surface area contributed by atoms with Gasteiger partial charge in [-0.2, -0.15) is 0 Å². The van der Waals surface area contributed by atoms with Crippen molar-refractivity contribution in [3.63, 3.8) is 0 Å². The second-order valence-corrected chi connectivity index (χ2v) is 6.16. The molecule has 0 radical (unpaired) electrons. The summed E-state index contributed by atoms with van der Waals surface area (Å²) >= 11 is 0. The van der Waals surface area contributed by atoms with Crippen LogP contribution in [-0.4, -0.2) is 38.7 Å². The SMILES string of the molecule is CC(=O)c1c(C)[nH]c(C(=O)COC(=O)c2cncn2-c2ccccc2)c1C. The first-order chi connectivity index (χ1) is 12.9. The number of ether oxygens (including phenoxy) is 1. The van der Waals surface area contributed by atoms with Gasteiger partial charge in [0, 0.05) is 16.9 Å². The van der Waals surface area contributed by atoms with Gasteiger partial charge in [0.25, 0.3) is 0 Å². The Morgan fingerprint density at radius 3 is 2.48 bits per heavy atom. The molecule has 0 spiro atoms. The Kier molecular flexibility index (Phi) is 5.03. The third kappa shape index (κ3) is 3.57. The van der Waals surface area contributed by atoms with Crippen molar-refractivity contribution in [2.24, 2.45) is 0 Å². The first kappa shape index (κ1) is 18.3. The number of aryl methyl sites for hydroxylation is 1. The van der Waals surface area contributed by atoms with E-state index in [-0.39, 0.29) is 17.2 Å². The van der Waals surface area contributed by atoms with Gasteiger partial charge < -0.3 is 9.72 Å². The maximum absolute atomic E-state index is 12.4. The van der Waals surface area contributed by atoms with E-state index in [4.69, 9.17) is 4.74 Å². The lowest BCUT2D eigenvalue weighted by molar-refractivity contribution is 0.0465. The van der Waals surface area contributed by atoms with Gasteiger partial charge in [-0.15, -0.1) is 0 Å². The summed E-state index contributed by atoms with van der Waals surface area (Å²) in [5.74, 6) is -1.18. The number of nitrogens with zero attached hydrogens (tertiary/aromatic N) is 2. The molecule has 3 aromatic rings. The van der Waals surface area contributed by atoms with Crippen LogP contribution in [0.4, 0.5) is 0 Å². The molecule has 138 valence electrons. The molecule has 0 aliphatic rings. The summed E-state index contributed by atoms with van der Waals surface area (Å²) in [7, 11) is 0. The largest absolute Gasteiger partial charge is 0.452 e. The van der Waals surface area contributed by atoms with Crippen molar-refractivity contribution in [3.8, 4) is 5.69 Å². The van der Waals surface area contributed by atoms with Crippen molar-refractivity contribution in [3.05, 3.63) is 71.1 Å². The smallest absolute Gasteiger partial charge is 0.357 e. The summed E-state index contributed by atoms with van der Waals surface area (Å²) in [6, 6.07) is 9.22. The molecule has 2 aromatic heterocycles. The molecule has 0 aliphatic heterocycles. The predicted octanol–water partition coefficient (Wildman–Crippen LogP) is 3.06. The molecule has 1 N–H and O–H groups in total. The van der Waals surface area contributed by atoms with Crippen LogP contribution in [0.15, 0.2) is 42.9 Å². The summed E-state index contributed by atoms with van der Waals surface area (Å²) in [4.78, 5) is 43.4. The number of H-pyrrole nitrogens is 1. The number of ketones is 2. The third-order valence-electron chi connectivity index (χ3n) is 4.28. The average molecular weight is 365 g/mol. The first-order valence-electron chi connectivity index (χ1n) is 8.38. The van der Waals surface area contributed by atoms with Crippen molar-refractivity contribution in [1.82, 2.24) is 14.5 Å². The molecule has 0 amide bonds. The second-order valence-electron chi connectivity index (χ2n) is 6.16. The van der Waals surface area contributed by atoms with E-state index in [1.807, 2.05) is 30.3 Å². The standard InChI is InChI=1S/C20H19N3O4/c1-12-18(14(3)24)13(2)22-19(12)17(25)10-27-20(26)16-9-21-11-23(16)15-7-5-4-6-8-15/h4-9,11,22H,10H2,1-3H3. The Labute approximate surface area is 156 Å². The quantitative estimate of drug-likeness (QED) is 0.535. The molecule has 3 rings (SSSR count). The Hall–Kier alpha value is -3.48. The molecule has 7 nitrogen and oxygen atoms in total. The lowest BCUT2D eigenvalue weighted by atomic mass is 10.1. The van der Waals surface area contributed by atoms with Crippen LogP contribution in [0, 0.1) is 13.8 Å². The average Bonchev–Trinajstić information content (AvgIpc) is 3.24. The van der Waals surface area contributed by atoms with Gasteiger partial charge in [-0.05, 0) is 38.5 Å². The van der Waals surface area contributed by atoms with Crippen molar-refractivity contribution in [2.45, 2.75) is 20.8 Å². The first-order valence-corrected chi connectivity index (χ1v) is 8.38. The molecule has 0 unspecified atom stereocenters. The Balaban J connectivity index is 1.74. The number of carbonyl (C=O) groups is 3. The lowest BCUT2D eigenvalue weighted by Crippen LogP contribution is -2.17. The Morgan fingerprint density at radius 2 is 1.85 bits per heavy atom. The van der Waals surface area contributed by atoms with Crippen LogP contribution in [-0.2, 0) is 4.74 Å². The summed E-state index contributed by atoms with van der Waals surface area (Å²) < 4.78 is 6.76. The van der Waals surface area contributed by atoms with E-state index in [9.17, 15) is 14.4 Å². The summed E-state index contributed by atoms with van der Waals surface area (Å²) in [6.45, 7) is 4.43. The van der Waals surface area contributed by atoms with Gasteiger partial charge >= 0.3 is 5.97 Å². The van der Waals surface area contributed by atoms with E-state index in [0.29, 0.717) is 16.8 Å². The zero-order valence-corrected chi connectivity index (χ0v) is 15.3. The van der Waals surface area contributed by atoms with Crippen LogP contribution in [0.25, 0.3) is 5.69 Å². The van der Waals surface area contributed by atoms with Crippen LogP contribution < -0.4 is 0 Å². The molecule has 0 bridgehead atoms. The fraction of sp³-hybridized carbons (Fsp3) is 0.200. The van der Waals surface area contributed by atoms with Crippen molar-refractivity contribution >= 4 is 17.5 Å².